The van der Waals surface area contributed by atoms with Gasteiger partial charge < -0.3 is 9.84 Å². The van der Waals surface area contributed by atoms with Gasteiger partial charge in [-0.1, -0.05) is 30.3 Å². The molecule has 5 nitrogen and oxygen atoms in total. The van der Waals surface area contributed by atoms with E-state index >= 15 is 0 Å². The van der Waals surface area contributed by atoms with E-state index in [1.165, 1.54) is 15.9 Å². The molecular formula is C18H12N2O3S2. The lowest BCUT2D eigenvalue weighted by Gasteiger charge is -2.10. The second-order valence-corrected chi connectivity index (χ2v) is 6.98. The van der Waals surface area contributed by atoms with Crippen molar-refractivity contribution < 1.29 is 14.6 Å². The van der Waals surface area contributed by atoms with Crippen LogP contribution in [0.25, 0.3) is 11.3 Å². The SMILES string of the molecule is COc1ccccc1-n1c(O)c(C2=c3ccccc3=NC2=O)sc1=S. The summed E-state index contributed by atoms with van der Waals surface area (Å²) < 4.78 is 7.28. The van der Waals surface area contributed by atoms with E-state index in [0.29, 0.717) is 36.4 Å². The third-order valence-electron chi connectivity index (χ3n) is 3.95. The Morgan fingerprint density at radius 1 is 1.16 bits per heavy atom. The fourth-order valence-electron chi connectivity index (χ4n) is 2.84. The summed E-state index contributed by atoms with van der Waals surface area (Å²) >= 11 is 6.61. The average Bonchev–Trinajstić information content (AvgIpc) is 3.10. The Labute approximate surface area is 151 Å². The average molecular weight is 368 g/mol. The van der Waals surface area contributed by atoms with Crippen molar-refractivity contribution in [1.29, 1.82) is 0 Å². The highest BCUT2D eigenvalue weighted by Crippen LogP contribution is 2.37. The van der Waals surface area contributed by atoms with Gasteiger partial charge >= 0.3 is 0 Å². The van der Waals surface area contributed by atoms with Gasteiger partial charge in [-0.05, 0) is 30.4 Å². The van der Waals surface area contributed by atoms with Crippen molar-refractivity contribution in [3.05, 3.63) is 67.9 Å². The molecule has 7 heteroatoms. The molecule has 0 bridgehead atoms. The Morgan fingerprint density at radius 3 is 2.68 bits per heavy atom. The number of aromatic hydroxyl groups is 1. The van der Waals surface area contributed by atoms with E-state index in [2.05, 4.69) is 4.99 Å². The smallest absolute Gasteiger partial charge is 0.279 e. The molecule has 2 aromatic carbocycles. The number of para-hydroxylation sites is 3. The molecule has 25 heavy (non-hydrogen) atoms. The van der Waals surface area contributed by atoms with Crippen LogP contribution in [0.5, 0.6) is 11.6 Å². The number of nitrogens with zero attached hydrogens (tertiary/aromatic N) is 2. The number of ether oxygens (including phenoxy) is 1. The van der Waals surface area contributed by atoms with E-state index in [1.807, 2.05) is 30.3 Å². The first-order valence-electron chi connectivity index (χ1n) is 7.43. The lowest BCUT2D eigenvalue weighted by atomic mass is 10.1. The summed E-state index contributed by atoms with van der Waals surface area (Å²) in [6.07, 6.45) is 0. The fraction of sp³-hybridized carbons (Fsp3) is 0.0556. The molecule has 0 atom stereocenters. The predicted molar refractivity (Wildman–Crippen MR) is 97.4 cm³/mol. The molecular weight excluding hydrogens is 356 g/mol. The molecule has 0 saturated carbocycles. The normalized spacial score (nSPS) is 12.8. The van der Waals surface area contributed by atoms with Crippen molar-refractivity contribution in [3.63, 3.8) is 0 Å². The van der Waals surface area contributed by atoms with Gasteiger partial charge in [-0.2, -0.15) is 0 Å². The first kappa shape index (κ1) is 15.7. The molecule has 1 aromatic heterocycles. The van der Waals surface area contributed by atoms with Gasteiger partial charge in [0.25, 0.3) is 5.91 Å². The minimum Gasteiger partial charge on any atom is -0.495 e. The molecule has 0 spiro atoms. The van der Waals surface area contributed by atoms with E-state index in [9.17, 15) is 9.90 Å². The molecule has 1 N–H and O–H groups in total. The Balaban J connectivity index is 2.02. The molecule has 1 aliphatic rings. The van der Waals surface area contributed by atoms with Gasteiger partial charge in [0.15, 0.2) is 3.95 Å². The van der Waals surface area contributed by atoms with Gasteiger partial charge in [-0.3, -0.25) is 9.36 Å². The lowest BCUT2D eigenvalue weighted by molar-refractivity contribution is -0.112. The van der Waals surface area contributed by atoms with Crippen LogP contribution >= 0.6 is 23.6 Å². The van der Waals surface area contributed by atoms with E-state index in [-0.39, 0.29) is 11.8 Å². The third kappa shape index (κ3) is 2.40. The number of fused-ring (bicyclic) bond motifs is 1. The van der Waals surface area contributed by atoms with Crippen molar-refractivity contribution >= 4 is 35.0 Å². The van der Waals surface area contributed by atoms with Crippen LogP contribution in [0, 0.1) is 3.95 Å². The second kappa shape index (κ2) is 5.94. The van der Waals surface area contributed by atoms with Crippen LogP contribution in [0.1, 0.15) is 4.88 Å². The van der Waals surface area contributed by atoms with Gasteiger partial charge in [0.05, 0.1) is 23.7 Å². The number of hydrogen-bond acceptors (Lipinski definition) is 5. The highest BCUT2D eigenvalue weighted by atomic mass is 32.1. The summed E-state index contributed by atoms with van der Waals surface area (Å²) in [7, 11) is 1.55. The number of carbonyl (C=O) groups is 1. The van der Waals surface area contributed by atoms with Crippen LogP contribution in [0.4, 0.5) is 0 Å². The standard InChI is InChI=1S/C18H12N2O3S2/c1-23-13-9-5-4-8-12(13)20-17(22)15(25-18(20)24)14-10-6-2-3-7-11(10)19-16(14)21/h2-9,22H,1H3. The molecule has 0 radical (unpaired) electrons. The number of aromatic nitrogens is 1. The van der Waals surface area contributed by atoms with Gasteiger partial charge in [0.2, 0.25) is 5.88 Å². The number of rotatable bonds is 3. The zero-order valence-corrected chi connectivity index (χ0v) is 14.7. The number of amides is 1. The number of hydrogen-bond donors (Lipinski definition) is 1. The van der Waals surface area contributed by atoms with Gasteiger partial charge in [0, 0.05) is 5.22 Å². The van der Waals surface area contributed by atoms with Crippen LogP contribution in [-0.2, 0) is 4.79 Å². The highest BCUT2D eigenvalue weighted by molar-refractivity contribution is 7.73. The summed E-state index contributed by atoms with van der Waals surface area (Å²) in [5.74, 6) is 0.112. The van der Waals surface area contributed by atoms with Crippen LogP contribution in [0.3, 0.4) is 0 Å². The van der Waals surface area contributed by atoms with Crippen LogP contribution in [0.2, 0.25) is 0 Å². The molecule has 0 aliphatic carbocycles. The minimum atomic E-state index is -0.375. The quantitative estimate of drug-likeness (QED) is 0.721. The highest BCUT2D eigenvalue weighted by Gasteiger charge is 2.26. The van der Waals surface area contributed by atoms with Crippen molar-refractivity contribution in [3.8, 4) is 17.3 Å². The van der Waals surface area contributed by atoms with Crippen molar-refractivity contribution in [2.75, 3.05) is 7.11 Å². The van der Waals surface area contributed by atoms with Crippen molar-refractivity contribution in [2.45, 2.75) is 0 Å². The second-order valence-electron chi connectivity index (χ2n) is 5.34. The molecule has 1 aliphatic heterocycles. The summed E-state index contributed by atoms with van der Waals surface area (Å²) in [5.41, 5.74) is 0.990. The van der Waals surface area contributed by atoms with E-state index in [1.54, 1.807) is 25.3 Å². The van der Waals surface area contributed by atoms with Crippen LogP contribution < -0.4 is 15.3 Å². The molecule has 2 heterocycles. The predicted octanol–water partition coefficient (Wildman–Crippen LogP) is 2.34. The van der Waals surface area contributed by atoms with E-state index < -0.39 is 0 Å². The number of carbonyl (C=O) groups excluding carboxylic acids is 1. The molecule has 0 unspecified atom stereocenters. The monoisotopic (exact) mass is 368 g/mol. The zero-order valence-electron chi connectivity index (χ0n) is 13.1. The van der Waals surface area contributed by atoms with Crippen molar-refractivity contribution in [1.82, 2.24) is 4.57 Å². The van der Waals surface area contributed by atoms with Gasteiger partial charge in [-0.25, -0.2) is 4.99 Å². The maximum Gasteiger partial charge on any atom is 0.279 e. The minimum absolute atomic E-state index is 0.0882. The molecule has 0 fully saturated rings. The summed E-state index contributed by atoms with van der Waals surface area (Å²) in [6, 6.07) is 14.5. The number of thiazole rings is 1. The molecule has 4 rings (SSSR count). The molecule has 124 valence electrons. The number of benzene rings is 2. The molecule has 3 aromatic rings. The summed E-state index contributed by atoms with van der Waals surface area (Å²) in [5, 5.41) is 12.1. The maximum absolute atomic E-state index is 12.4. The Morgan fingerprint density at radius 2 is 1.88 bits per heavy atom. The first-order valence-corrected chi connectivity index (χ1v) is 8.65. The van der Waals surface area contributed by atoms with Gasteiger partial charge in [0.1, 0.15) is 10.6 Å². The fourth-order valence-corrected chi connectivity index (χ4v) is 4.21. The Hall–Kier alpha value is -2.77. The first-order chi connectivity index (χ1) is 12.1. The van der Waals surface area contributed by atoms with Crippen molar-refractivity contribution in [2.24, 2.45) is 4.99 Å². The van der Waals surface area contributed by atoms with E-state index in [4.69, 9.17) is 17.0 Å². The van der Waals surface area contributed by atoms with Gasteiger partial charge in [-0.15, -0.1) is 11.3 Å². The maximum atomic E-state index is 12.4. The zero-order chi connectivity index (χ0) is 17.6. The lowest BCUT2D eigenvalue weighted by Crippen LogP contribution is -2.22. The largest absolute Gasteiger partial charge is 0.495 e. The topological polar surface area (TPSA) is 63.8 Å². The summed E-state index contributed by atoms with van der Waals surface area (Å²) in [6.45, 7) is 0. The Kier molecular flexibility index (Phi) is 3.74. The summed E-state index contributed by atoms with van der Waals surface area (Å²) in [4.78, 5) is 16.8. The third-order valence-corrected chi connectivity index (χ3v) is 5.33. The molecule has 0 saturated heterocycles. The van der Waals surface area contributed by atoms with Crippen LogP contribution in [0.15, 0.2) is 53.5 Å². The van der Waals surface area contributed by atoms with E-state index in [0.717, 1.165) is 0 Å². The number of methoxy groups -OCH3 is 1. The van der Waals surface area contributed by atoms with Crippen LogP contribution in [-0.4, -0.2) is 22.7 Å². The Bertz CT molecular complexity index is 1190. The molecule has 1 amide bonds.